The summed E-state index contributed by atoms with van der Waals surface area (Å²) in [6, 6.07) is 16.2. The number of aromatic nitrogens is 1. The van der Waals surface area contributed by atoms with Crippen LogP contribution in [0.1, 0.15) is 51.0 Å². The Hall–Kier alpha value is -3.72. The van der Waals surface area contributed by atoms with Gasteiger partial charge in [-0.25, -0.2) is 9.78 Å². The average molecular weight is 492 g/mol. The first kappa shape index (κ1) is 23.0. The Balaban J connectivity index is 1.12. The van der Waals surface area contributed by atoms with Crippen molar-refractivity contribution in [3.05, 3.63) is 75.7 Å². The van der Waals surface area contributed by atoms with Crippen molar-refractivity contribution in [1.29, 1.82) is 0 Å². The maximum atomic E-state index is 12.5. The lowest BCUT2D eigenvalue weighted by Gasteiger charge is -2.14. The zero-order valence-electron chi connectivity index (χ0n) is 18.9. The third kappa shape index (κ3) is 4.90. The van der Waals surface area contributed by atoms with Crippen LogP contribution in [0.3, 0.4) is 0 Å². The molecular formula is C26H25N3O5S. The molecule has 1 fully saturated rings. The van der Waals surface area contributed by atoms with E-state index in [-0.39, 0.29) is 31.0 Å². The molecule has 1 saturated carbocycles. The molecule has 3 aromatic rings. The quantitative estimate of drug-likeness (QED) is 0.457. The number of hydrogen-bond acceptors (Lipinski definition) is 6. The van der Waals surface area contributed by atoms with Crippen molar-refractivity contribution < 1.29 is 24.2 Å². The minimum atomic E-state index is -0.818. The Labute approximate surface area is 206 Å². The summed E-state index contributed by atoms with van der Waals surface area (Å²) in [7, 11) is 0. The van der Waals surface area contributed by atoms with Gasteiger partial charge in [-0.05, 0) is 41.5 Å². The fourth-order valence-electron chi connectivity index (χ4n) is 4.89. The van der Waals surface area contributed by atoms with E-state index in [2.05, 4.69) is 39.9 Å². The molecule has 2 unspecified atom stereocenters. The van der Waals surface area contributed by atoms with Gasteiger partial charge in [0.05, 0.1) is 18.7 Å². The van der Waals surface area contributed by atoms with Crippen molar-refractivity contribution in [2.24, 2.45) is 5.92 Å². The van der Waals surface area contributed by atoms with Crippen molar-refractivity contribution in [3.8, 4) is 11.1 Å². The second-order valence-corrected chi connectivity index (χ2v) is 9.93. The zero-order chi connectivity index (χ0) is 24.4. The summed E-state index contributed by atoms with van der Waals surface area (Å²) < 4.78 is 5.53. The van der Waals surface area contributed by atoms with Crippen LogP contribution < -0.4 is 10.6 Å². The molecule has 2 aliphatic carbocycles. The van der Waals surface area contributed by atoms with Crippen LogP contribution >= 0.6 is 11.3 Å². The van der Waals surface area contributed by atoms with Crippen LogP contribution in [0, 0.1) is 5.92 Å². The lowest BCUT2D eigenvalue weighted by atomic mass is 9.98. The Kier molecular flexibility index (Phi) is 6.50. The van der Waals surface area contributed by atoms with E-state index in [9.17, 15) is 14.4 Å². The molecule has 9 heteroatoms. The molecule has 0 radical (unpaired) electrons. The number of thiazole rings is 1. The standard InChI is InChI=1S/C26H25N3O5S/c30-24(29-16-10-9-15(11-16)25(31)32)22-12-27-23(35-22)13-28-26(33)34-14-21-19-7-3-1-5-17(19)18-6-2-4-8-20(18)21/h1-8,12,15-16,21H,9-11,13-14H2,(H,28,33)(H,29,30)(H,31,32). The van der Waals surface area contributed by atoms with Gasteiger partial charge in [-0.15, -0.1) is 11.3 Å². The first-order valence-corrected chi connectivity index (χ1v) is 12.4. The highest BCUT2D eigenvalue weighted by molar-refractivity contribution is 7.13. The predicted octanol–water partition coefficient (Wildman–Crippen LogP) is 4.16. The van der Waals surface area contributed by atoms with Crippen LogP contribution in [-0.2, 0) is 16.1 Å². The van der Waals surface area contributed by atoms with Crippen LogP contribution in [0.25, 0.3) is 11.1 Å². The maximum absolute atomic E-state index is 12.5. The number of nitrogens with one attached hydrogen (secondary N) is 2. The Morgan fingerprint density at radius 1 is 1.03 bits per heavy atom. The molecular weight excluding hydrogens is 466 g/mol. The van der Waals surface area contributed by atoms with Crippen LogP contribution in [0.4, 0.5) is 4.79 Å². The number of hydrogen-bond donors (Lipinski definition) is 3. The van der Waals surface area contributed by atoms with Gasteiger partial charge in [0.15, 0.2) is 0 Å². The zero-order valence-corrected chi connectivity index (χ0v) is 19.7. The van der Waals surface area contributed by atoms with Crippen molar-refractivity contribution in [1.82, 2.24) is 15.6 Å². The number of aliphatic carboxylic acids is 1. The van der Waals surface area contributed by atoms with Gasteiger partial charge in [0.2, 0.25) is 0 Å². The molecule has 2 amide bonds. The third-order valence-electron chi connectivity index (χ3n) is 6.62. The highest BCUT2D eigenvalue weighted by Crippen LogP contribution is 2.44. The number of ether oxygens (including phenoxy) is 1. The smallest absolute Gasteiger partial charge is 0.407 e. The SMILES string of the molecule is O=C(NCc1ncc(C(=O)NC2CCC(C(=O)O)C2)s1)OCC1c2ccccc2-c2ccccc21. The molecule has 8 nitrogen and oxygen atoms in total. The monoisotopic (exact) mass is 491 g/mol. The van der Waals surface area contributed by atoms with E-state index in [0.29, 0.717) is 29.1 Å². The molecule has 0 spiro atoms. The Morgan fingerprint density at radius 2 is 1.71 bits per heavy atom. The molecule has 180 valence electrons. The molecule has 5 rings (SSSR count). The number of benzene rings is 2. The normalized spacial score (nSPS) is 18.5. The molecule has 0 aliphatic heterocycles. The van der Waals surface area contributed by atoms with Crippen LogP contribution in [0.2, 0.25) is 0 Å². The topological polar surface area (TPSA) is 118 Å². The molecule has 2 atom stereocenters. The number of carbonyl (C=O) groups excluding carboxylic acids is 2. The summed E-state index contributed by atoms with van der Waals surface area (Å²) >= 11 is 1.19. The molecule has 1 heterocycles. The van der Waals surface area contributed by atoms with Gasteiger partial charge in [-0.3, -0.25) is 9.59 Å². The Morgan fingerprint density at radius 3 is 2.37 bits per heavy atom. The van der Waals surface area contributed by atoms with Crippen molar-refractivity contribution in [2.75, 3.05) is 6.61 Å². The summed E-state index contributed by atoms with van der Waals surface area (Å²) in [6.07, 6.45) is 2.59. The number of carbonyl (C=O) groups is 3. The number of carboxylic acid groups (broad SMARTS) is 1. The average Bonchev–Trinajstić information content (AvgIpc) is 3.59. The second-order valence-electron chi connectivity index (χ2n) is 8.82. The number of alkyl carbamates (subject to hydrolysis) is 1. The number of fused-ring (bicyclic) bond motifs is 3. The summed E-state index contributed by atoms with van der Waals surface area (Å²) in [5, 5.41) is 15.3. The van der Waals surface area contributed by atoms with Gasteiger partial charge in [0.25, 0.3) is 5.91 Å². The molecule has 0 saturated heterocycles. The highest BCUT2D eigenvalue weighted by atomic mass is 32.1. The molecule has 0 bridgehead atoms. The van der Waals surface area contributed by atoms with Gasteiger partial charge in [0.1, 0.15) is 16.5 Å². The minimum absolute atomic E-state index is 0.0142. The third-order valence-corrected chi connectivity index (χ3v) is 7.62. The highest BCUT2D eigenvalue weighted by Gasteiger charge is 2.31. The number of carboxylic acids is 1. The summed E-state index contributed by atoms with van der Waals surface area (Å²) in [6.45, 7) is 0.378. The number of amides is 2. The minimum Gasteiger partial charge on any atom is -0.481 e. The van der Waals surface area contributed by atoms with E-state index in [1.165, 1.54) is 28.7 Å². The van der Waals surface area contributed by atoms with E-state index in [1.807, 2.05) is 24.3 Å². The fraction of sp³-hybridized carbons (Fsp3) is 0.308. The first-order chi connectivity index (χ1) is 17.0. The summed E-state index contributed by atoms with van der Waals surface area (Å²) in [4.78, 5) is 40.6. The molecule has 3 N–H and O–H groups in total. The van der Waals surface area contributed by atoms with E-state index in [0.717, 1.165) is 11.1 Å². The summed E-state index contributed by atoms with van der Waals surface area (Å²) in [5.74, 6) is -1.51. The van der Waals surface area contributed by atoms with Crippen LogP contribution in [0.15, 0.2) is 54.7 Å². The molecule has 1 aromatic heterocycles. The van der Waals surface area contributed by atoms with Gasteiger partial charge in [-0.1, -0.05) is 48.5 Å². The van der Waals surface area contributed by atoms with Crippen LogP contribution in [0.5, 0.6) is 0 Å². The maximum Gasteiger partial charge on any atom is 0.407 e. The molecule has 2 aromatic carbocycles. The van der Waals surface area contributed by atoms with Gasteiger partial charge < -0.3 is 20.5 Å². The second kappa shape index (κ2) is 9.87. The largest absolute Gasteiger partial charge is 0.481 e. The molecule has 35 heavy (non-hydrogen) atoms. The van der Waals surface area contributed by atoms with Crippen LogP contribution in [-0.4, -0.2) is 40.7 Å². The van der Waals surface area contributed by atoms with E-state index < -0.39 is 18.0 Å². The number of nitrogens with zero attached hydrogens (tertiary/aromatic N) is 1. The van der Waals surface area contributed by atoms with Crippen molar-refractivity contribution >= 4 is 29.3 Å². The fourth-order valence-corrected chi connectivity index (χ4v) is 5.65. The van der Waals surface area contributed by atoms with E-state index in [4.69, 9.17) is 9.84 Å². The van der Waals surface area contributed by atoms with Crippen molar-refractivity contribution in [3.63, 3.8) is 0 Å². The predicted molar refractivity (Wildman–Crippen MR) is 130 cm³/mol. The van der Waals surface area contributed by atoms with E-state index in [1.54, 1.807) is 0 Å². The van der Waals surface area contributed by atoms with Gasteiger partial charge >= 0.3 is 12.1 Å². The number of rotatable bonds is 7. The van der Waals surface area contributed by atoms with E-state index >= 15 is 0 Å². The Bertz CT molecular complexity index is 1230. The van der Waals surface area contributed by atoms with Gasteiger partial charge in [-0.2, -0.15) is 0 Å². The molecule has 2 aliphatic rings. The first-order valence-electron chi connectivity index (χ1n) is 11.6. The van der Waals surface area contributed by atoms with Crippen molar-refractivity contribution in [2.45, 2.75) is 37.8 Å². The lowest BCUT2D eigenvalue weighted by molar-refractivity contribution is -0.141. The summed E-state index contributed by atoms with van der Waals surface area (Å²) in [5.41, 5.74) is 4.63. The van der Waals surface area contributed by atoms with Gasteiger partial charge in [0, 0.05) is 12.0 Å². The lowest BCUT2D eigenvalue weighted by Crippen LogP contribution is -2.32.